The average Bonchev–Trinajstić information content (AvgIpc) is 2.63. The van der Waals surface area contributed by atoms with E-state index in [1.54, 1.807) is 0 Å². The quantitative estimate of drug-likeness (QED) is 0.865. The van der Waals surface area contributed by atoms with E-state index >= 15 is 0 Å². The smallest absolute Gasteiger partial charge is 0.137 e. The first-order valence-electron chi connectivity index (χ1n) is 7.62. The Hall–Kier alpha value is -1.61. The first-order chi connectivity index (χ1) is 9.77. The van der Waals surface area contributed by atoms with Gasteiger partial charge in [-0.2, -0.15) is 0 Å². The Bertz CT molecular complexity index is 677. The lowest BCUT2D eigenvalue weighted by molar-refractivity contribution is 0.0986. The van der Waals surface area contributed by atoms with Crippen molar-refractivity contribution in [3.8, 4) is 5.82 Å². The minimum absolute atomic E-state index is 0.119. The Labute approximate surface area is 126 Å². The predicted octanol–water partition coefficient (Wildman–Crippen LogP) is 3.80. The number of hydrogen-bond donors (Lipinski definition) is 1. The molecule has 2 heterocycles. The molecular formula is C18H24N2O. The van der Waals surface area contributed by atoms with Crippen molar-refractivity contribution in [1.82, 2.24) is 9.55 Å². The molecule has 2 aromatic rings. The number of hydrogen-bond acceptors (Lipinski definition) is 2. The van der Waals surface area contributed by atoms with Gasteiger partial charge in [-0.15, -0.1) is 0 Å². The molecule has 0 amide bonds. The zero-order chi connectivity index (χ0) is 15.4. The van der Waals surface area contributed by atoms with Crippen LogP contribution in [0, 0.1) is 26.2 Å². The Morgan fingerprint density at radius 3 is 2.57 bits per heavy atom. The van der Waals surface area contributed by atoms with Gasteiger partial charge in [0, 0.05) is 22.6 Å². The van der Waals surface area contributed by atoms with Crippen LogP contribution in [0.2, 0.25) is 0 Å². The van der Waals surface area contributed by atoms with Crippen molar-refractivity contribution in [2.75, 3.05) is 0 Å². The molecule has 1 aliphatic carbocycles. The fraction of sp³-hybridized carbons (Fsp3) is 0.500. The van der Waals surface area contributed by atoms with Gasteiger partial charge in [-0.1, -0.05) is 13.8 Å². The summed E-state index contributed by atoms with van der Waals surface area (Å²) in [5.74, 6) is 0.969. The maximum atomic E-state index is 10.5. The summed E-state index contributed by atoms with van der Waals surface area (Å²) in [4.78, 5) is 4.70. The molecule has 0 aromatic carbocycles. The molecule has 112 valence electrons. The van der Waals surface area contributed by atoms with Crippen molar-refractivity contribution < 1.29 is 5.11 Å². The largest absolute Gasteiger partial charge is 0.388 e. The van der Waals surface area contributed by atoms with Gasteiger partial charge in [0.2, 0.25) is 0 Å². The summed E-state index contributed by atoms with van der Waals surface area (Å²) in [5, 5.41) is 10.5. The van der Waals surface area contributed by atoms with E-state index in [2.05, 4.69) is 50.5 Å². The predicted molar refractivity (Wildman–Crippen MR) is 84.8 cm³/mol. The highest BCUT2D eigenvalue weighted by molar-refractivity contribution is 5.42. The molecule has 0 saturated heterocycles. The van der Waals surface area contributed by atoms with E-state index < -0.39 is 0 Å². The van der Waals surface area contributed by atoms with Gasteiger partial charge in [0.1, 0.15) is 5.82 Å². The zero-order valence-corrected chi connectivity index (χ0v) is 13.6. The van der Waals surface area contributed by atoms with E-state index in [0.717, 1.165) is 35.6 Å². The minimum Gasteiger partial charge on any atom is -0.388 e. The number of aryl methyl sites for hydroxylation is 3. The summed E-state index contributed by atoms with van der Waals surface area (Å²) in [7, 11) is 0. The lowest BCUT2D eigenvalue weighted by Gasteiger charge is -2.33. The fourth-order valence-electron chi connectivity index (χ4n) is 3.60. The summed E-state index contributed by atoms with van der Waals surface area (Å²) in [5.41, 5.74) is 5.81. The van der Waals surface area contributed by atoms with Crippen LogP contribution >= 0.6 is 0 Å². The second-order valence-corrected chi connectivity index (χ2v) is 7.23. The number of aromatic nitrogens is 2. The standard InChI is InChI=1S/C18H24N2O/c1-11-6-12(2)19-17(7-11)20-13(3)8-14-15(20)9-18(4,5)10-16(14)21/h6-8,16,21H,9-10H2,1-5H3. The van der Waals surface area contributed by atoms with Crippen LogP contribution in [0.1, 0.15) is 54.6 Å². The third kappa shape index (κ3) is 2.51. The van der Waals surface area contributed by atoms with Gasteiger partial charge in [-0.25, -0.2) is 4.98 Å². The van der Waals surface area contributed by atoms with Crippen LogP contribution in [-0.2, 0) is 6.42 Å². The highest BCUT2D eigenvalue weighted by Gasteiger charge is 2.34. The molecule has 0 saturated carbocycles. The van der Waals surface area contributed by atoms with Gasteiger partial charge in [-0.3, -0.25) is 0 Å². The molecule has 3 rings (SSSR count). The van der Waals surface area contributed by atoms with Crippen LogP contribution in [-0.4, -0.2) is 14.7 Å². The van der Waals surface area contributed by atoms with E-state index in [9.17, 15) is 5.11 Å². The molecule has 2 aromatic heterocycles. The van der Waals surface area contributed by atoms with Gasteiger partial charge in [0.05, 0.1) is 6.10 Å². The maximum absolute atomic E-state index is 10.5. The number of fused-ring (bicyclic) bond motifs is 1. The molecule has 3 nitrogen and oxygen atoms in total. The van der Waals surface area contributed by atoms with Crippen molar-refractivity contribution in [3.63, 3.8) is 0 Å². The molecule has 1 N–H and O–H groups in total. The second kappa shape index (κ2) is 4.70. The van der Waals surface area contributed by atoms with Crippen molar-refractivity contribution in [2.24, 2.45) is 5.41 Å². The minimum atomic E-state index is -0.366. The molecule has 3 heteroatoms. The molecule has 0 spiro atoms. The lowest BCUT2D eigenvalue weighted by atomic mass is 9.75. The molecule has 1 atom stereocenters. The molecule has 21 heavy (non-hydrogen) atoms. The topological polar surface area (TPSA) is 38.0 Å². The highest BCUT2D eigenvalue weighted by Crippen LogP contribution is 2.42. The van der Waals surface area contributed by atoms with Gasteiger partial charge < -0.3 is 9.67 Å². The SMILES string of the molecule is Cc1cc(C)nc(-n2c(C)cc3c2CC(C)(C)CC3O)c1. The van der Waals surface area contributed by atoms with Crippen LogP contribution in [0.15, 0.2) is 18.2 Å². The number of aliphatic hydroxyl groups excluding tert-OH is 1. The first-order valence-corrected chi connectivity index (χ1v) is 7.62. The van der Waals surface area contributed by atoms with Crippen LogP contribution in [0.5, 0.6) is 0 Å². The fourth-order valence-corrected chi connectivity index (χ4v) is 3.60. The summed E-state index contributed by atoms with van der Waals surface area (Å²) < 4.78 is 2.22. The third-order valence-corrected chi connectivity index (χ3v) is 4.38. The summed E-state index contributed by atoms with van der Waals surface area (Å²) in [6.45, 7) is 10.7. The van der Waals surface area contributed by atoms with Gasteiger partial charge in [0.15, 0.2) is 0 Å². The summed E-state index contributed by atoms with van der Waals surface area (Å²) in [6, 6.07) is 6.33. The first kappa shape index (κ1) is 14.3. The van der Waals surface area contributed by atoms with Gasteiger partial charge in [-0.05, 0) is 62.8 Å². The van der Waals surface area contributed by atoms with Gasteiger partial charge in [0.25, 0.3) is 0 Å². The monoisotopic (exact) mass is 284 g/mol. The van der Waals surface area contributed by atoms with Crippen LogP contribution in [0.25, 0.3) is 5.82 Å². The Morgan fingerprint density at radius 2 is 1.90 bits per heavy atom. The highest BCUT2D eigenvalue weighted by atomic mass is 16.3. The van der Waals surface area contributed by atoms with E-state index in [1.165, 1.54) is 11.3 Å². The van der Waals surface area contributed by atoms with Crippen LogP contribution in [0.4, 0.5) is 0 Å². The number of pyridine rings is 1. The Morgan fingerprint density at radius 1 is 1.19 bits per heavy atom. The molecule has 0 radical (unpaired) electrons. The second-order valence-electron chi connectivity index (χ2n) is 7.23. The summed E-state index contributed by atoms with van der Waals surface area (Å²) >= 11 is 0. The van der Waals surface area contributed by atoms with Crippen molar-refractivity contribution in [1.29, 1.82) is 0 Å². The van der Waals surface area contributed by atoms with E-state index in [4.69, 9.17) is 4.98 Å². The normalized spacial score (nSPS) is 20.4. The molecular weight excluding hydrogens is 260 g/mol. The molecule has 0 bridgehead atoms. The van der Waals surface area contributed by atoms with E-state index in [1.807, 2.05) is 6.92 Å². The molecule has 1 aliphatic rings. The number of nitrogens with zero attached hydrogens (tertiary/aromatic N) is 2. The van der Waals surface area contributed by atoms with Crippen molar-refractivity contribution in [2.45, 2.75) is 53.6 Å². The molecule has 1 unspecified atom stereocenters. The average molecular weight is 284 g/mol. The molecule has 0 fully saturated rings. The van der Waals surface area contributed by atoms with E-state index in [-0.39, 0.29) is 11.5 Å². The Kier molecular flexibility index (Phi) is 3.21. The number of rotatable bonds is 1. The number of aliphatic hydroxyl groups is 1. The van der Waals surface area contributed by atoms with E-state index in [0.29, 0.717) is 0 Å². The third-order valence-electron chi connectivity index (χ3n) is 4.38. The summed E-state index contributed by atoms with van der Waals surface area (Å²) in [6.07, 6.45) is 1.43. The van der Waals surface area contributed by atoms with Crippen molar-refractivity contribution in [3.05, 3.63) is 46.4 Å². The maximum Gasteiger partial charge on any atom is 0.137 e. The molecule has 0 aliphatic heterocycles. The Balaban J connectivity index is 2.21. The van der Waals surface area contributed by atoms with Crippen molar-refractivity contribution >= 4 is 0 Å². The lowest BCUT2D eigenvalue weighted by Crippen LogP contribution is -2.26. The zero-order valence-electron chi connectivity index (χ0n) is 13.6. The van der Waals surface area contributed by atoms with Gasteiger partial charge >= 0.3 is 0 Å². The van der Waals surface area contributed by atoms with Crippen LogP contribution in [0.3, 0.4) is 0 Å². The van der Waals surface area contributed by atoms with Crippen LogP contribution < -0.4 is 0 Å².